The van der Waals surface area contributed by atoms with Gasteiger partial charge >= 0.3 is 0 Å². The maximum atomic E-state index is 12.0. The molecule has 0 fully saturated rings. The first-order valence-electron chi connectivity index (χ1n) is 8.56. The summed E-state index contributed by atoms with van der Waals surface area (Å²) in [5.74, 6) is 0.657. The molecule has 0 aliphatic carbocycles. The summed E-state index contributed by atoms with van der Waals surface area (Å²) in [6, 6.07) is 12.2. The Balaban J connectivity index is 0.00000312. The smallest absolute Gasteiger partial charge is 0.258 e. The van der Waals surface area contributed by atoms with Crippen LogP contribution in [0.1, 0.15) is 39.7 Å². The Kier molecular flexibility index (Phi) is 8.20. The molecule has 0 aliphatic rings. The van der Waals surface area contributed by atoms with E-state index in [0.29, 0.717) is 0 Å². The predicted octanol–water partition coefficient (Wildman–Crippen LogP) is 4.05. The highest BCUT2D eigenvalue weighted by molar-refractivity contribution is 5.88. The van der Waals surface area contributed by atoms with Gasteiger partial charge in [0.25, 0.3) is 5.91 Å². The molecule has 2 rings (SSSR count). The van der Waals surface area contributed by atoms with E-state index in [1.54, 1.807) is 0 Å². The summed E-state index contributed by atoms with van der Waals surface area (Å²) in [5, 5.41) is 8.69. The summed E-state index contributed by atoms with van der Waals surface area (Å²) in [5.41, 5.74) is 0.847. The summed E-state index contributed by atoms with van der Waals surface area (Å²) in [6.07, 6.45) is 1.08. The average molecular weight is 365 g/mol. The van der Waals surface area contributed by atoms with Crippen LogP contribution in [0.3, 0.4) is 0 Å². The molecule has 0 spiro atoms. The van der Waals surface area contributed by atoms with Crippen molar-refractivity contribution in [2.75, 3.05) is 13.2 Å². The molecule has 0 saturated carbocycles. The van der Waals surface area contributed by atoms with Gasteiger partial charge in [-0.05, 0) is 50.6 Å². The molecule has 5 heteroatoms. The van der Waals surface area contributed by atoms with E-state index >= 15 is 0 Å². The molecule has 2 aromatic carbocycles. The fraction of sp³-hybridized carbons (Fsp3) is 0.450. The van der Waals surface area contributed by atoms with E-state index in [2.05, 4.69) is 29.7 Å². The maximum absolute atomic E-state index is 12.0. The van der Waals surface area contributed by atoms with E-state index in [1.807, 2.05) is 45.0 Å². The van der Waals surface area contributed by atoms with Gasteiger partial charge in [0, 0.05) is 17.6 Å². The molecule has 25 heavy (non-hydrogen) atoms. The first kappa shape index (κ1) is 21.3. The fourth-order valence-electron chi connectivity index (χ4n) is 2.62. The van der Waals surface area contributed by atoms with Crippen LogP contribution in [0.4, 0.5) is 0 Å². The van der Waals surface area contributed by atoms with Crippen molar-refractivity contribution in [3.63, 3.8) is 0 Å². The molecule has 0 radical (unpaired) electrons. The highest BCUT2D eigenvalue weighted by Gasteiger charge is 2.15. The molecule has 0 aromatic heterocycles. The first-order chi connectivity index (χ1) is 11.4. The molecule has 4 nitrogen and oxygen atoms in total. The molecule has 0 atom stereocenters. The van der Waals surface area contributed by atoms with E-state index in [1.165, 1.54) is 5.39 Å². The van der Waals surface area contributed by atoms with E-state index in [9.17, 15) is 4.79 Å². The molecule has 138 valence electrons. The Labute approximate surface area is 156 Å². The van der Waals surface area contributed by atoms with Gasteiger partial charge < -0.3 is 15.4 Å². The zero-order valence-electron chi connectivity index (χ0n) is 15.5. The second-order valence-electron chi connectivity index (χ2n) is 7.03. The minimum atomic E-state index is -0.255. The van der Waals surface area contributed by atoms with Crippen molar-refractivity contribution in [2.45, 2.75) is 46.2 Å². The van der Waals surface area contributed by atoms with Crippen LogP contribution in [0.25, 0.3) is 10.8 Å². The van der Waals surface area contributed by atoms with Crippen molar-refractivity contribution in [3.8, 4) is 5.75 Å². The zero-order chi connectivity index (χ0) is 17.6. The fourth-order valence-corrected chi connectivity index (χ4v) is 2.62. The quantitative estimate of drug-likeness (QED) is 0.728. The molecule has 2 N–H and O–H groups in total. The van der Waals surface area contributed by atoms with E-state index in [0.717, 1.165) is 36.2 Å². The third-order valence-electron chi connectivity index (χ3n) is 3.60. The lowest BCUT2D eigenvalue weighted by Gasteiger charge is -2.21. The van der Waals surface area contributed by atoms with Crippen LogP contribution in [0.5, 0.6) is 5.75 Å². The summed E-state index contributed by atoms with van der Waals surface area (Å²) >= 11 is 0. The Morgan fingerprint density at radius 3 is 2.52 bits per heavy atom. The molecule has 0 unspecified atom stereocenters. The average Bonchev–Trinajstić information content (AvgIpc) is 2.52. The molecule has 0 heterocycles. The maximum Gasteiger partial charge on any atom is 0.258 e. The number of rotatable bonds is 7. The number of hydrogen-bond acceptors (Lipinski definition) is 3. The topological polar surface area (TPSA) is 50.4 Å². The van der Waals surface area contributed by atoms with Gasteiger partial charge in [-0.2, -0.15) is 0 Å². The number of benzene rings is 2. The number of nitrogens with one attached hydrogen (secondary N) is 2. The van der Waals surface area contributed by atoms with E-state index < -0.39 is 0 Å². The van der Waals surface area contributed by atoms with Crippen LogP contribution < -0.4 is 15.4 Å². The monoisotopic (exact) mass is 364 g/mol. The largest absolute Gasteiger partial charge is 0.483 e. The Morgan fingerprint density at radius 1 is 1.12 bits per heavy atom. The Morgan fingerprint density at radius 2 is 1.84 bits per heavy atom. The molecule has 0 aliphatic heterocycles. The van der Waals surface area contributed by atoms with E-state index in [-0.39, 0.29) is 30.5 Å². The van der Waals surface area contributed by atoms with Crippen molar-refractivity contribution >= 4 is 29.1 Å². The van der Waals surface area contributed by atoms with Crippen LogP contribution in [-0.2, 0) is 11.3 Å². The number of amides is 1. The Hall–Kier alpha value is -1.78. The molecule has 0 saturated heterocycles. The van der Waals surface area contributed by atoms with Gasteiger partial charge in [0.1, 0.15) is 5.75 Å². The number of carbonyl (C=O) groups excluding carboxylic acids is 1. The SMILES string of the molecule is CCCNCc1c(OCC(=O)NC(C)(C)C)ccc2ccccc12.Cl. The predicted molar refractivity (Wildman–Crippen MR) is 107 cm³/mol. The lowest BCUT2D eigenvalue weighted by molar-refractivity contribution is -0.124. The number of ether oxygens (including phenoxy) is 1. The van der Waals surface area contributed by atoms with Crippen molar-refractivity contribution in [3.05, 3.63) is 42.0 Å². The second kappa shape index (κ2) is 9.64. The highest BCUT2D eigenvalue weighted by atomic mass is 35.5. The Bertz CT molecular complexity index is 696. The standard InChI is InChI=1S/C20H28N2O2.ClH/c1-5-12-21-13-17-16-9-7-6-8-15(16)10-11-18(17)24-14-19(23)22-20(2,3)4;/h6-11,21H,5,12-14H2,1-4H3,(H,22,23);1H. The molecule has 0 bridgehead atoms. The van der Waals surface area contributed by atoms with Crippen molar-refractivity contribution in [1.82, 2.24) is 10.6 Å². The van der Waals surface area contributed by atoms with Crippen LogP contribution in [0.2, 0.25) is 0 Å². The first-order valence-corrected chi connectivity index (χ1v) is 8.56. The van der Waals surface area contributed by atoms with Crippen LogP contribution >= 0.6 is 12.4 Å². The minimum Gasteiger partial charge on any atom is -0.483 e. The van der Waals surface area contributed by atoms with Gasteiger partial charge in [-0.15, -0.1) is 12.4 Å². The lowest BCUT2D eigenvalue weighted by Crippen LogP contribution is -2.43. The van der Waals surface area contributed by atoms with Gasteiger partial charge in [0.05, 0.1) is 0 Å². The van der Waals surface area contributed by atoms with E-state index in [4.69, 9.17) is 4.74 Å². The number of fused-ring (bicyclic) bond motifs is 1. The molecular formula is C20H29ClN2O2. The number of carbonyl (C=O) groups is 1. The number of halogens is 1. The van der Waals surface area contributed by atoms with Crippen molar-refractivity contribution < 1.29 is 9.53 Å². The second-order valence-corrected chi connectivity index (χ2v) is 7.03. The van der Waals surface area contributed by atoms with Gasteiger partial charge in [-0.25, -0.2) is 0 Å². The van der Waals surface area contributed by atoms with Gasteiger partial charge in [0.15, 0.2) is 6.61 Å². The number of hydrogen-bond donors (Lipinski definition) is 2. The third-order valence-corrected chi connectivity index (χ3v) is 3.60. The zero-order valence-corrected chi connectivity index (χ0v) is 16.3. The van der Waals surface area contributed by atoms with Crippen LogP contribution in [-0.4, -0.2) is 24.6 Å². The molecular weight excluding hydrogens is 336 g/mol. The summed E-state index contributed by atoms with van der Waals surface area (Å²) in [4.78, 5) is 12.0. The van der Waals surface area contributed by atoms with Crippen molar-refractivity contribution in [2.24, 2.45) is 0 Å². The van der Waals surface area contributed by atoms with Gasteiger partial charge in [0.2, 0.25) is 0 Å². The normalized spacial score (nSPS) is 11.0. The van der Waals surface area contributed by atoms with Gasteiger partial charge in [-0.3, -0.25) is 4.79 Å². The van der Waals surface area contributed by atoms with Gasteiger partial charge in [-0.1, -0.05) is 37.3 Å². The minimum absolute atomic E-state index is 0. The molecule has 1 amide bonds. The molecule has 2 aromatic rings. The third kappa shape index (κ3) is 6.56. The summed E-state index contributed by atoms with van der Waals surface area (Å²) < 4.78 is 5.83. The van der Waals surface area contributed by atoms with Crippen LogP contribution in [0.15, 0.2) is 36.4 Å². The van der Waals surface area contributed by atoms with Crippen LogP contribution in [0, 0.1) is 0 Å². The lowest BCUT2D eigenvalue weighted by atomic mass is 10.0. The van der Waals surface area contributed by atoms with Crippen molar-refractivity contribution in [1.29, 1.82) is 0 Å². The highest BCUT2D eigenvalue weighted by Crippen LogP contribution is 2.28. The summed E-state index contributed by atoms with van der Waals surface area (Å²) in [7, 11) is 0. The summed E-state index contributed by atoms with van der Waals surface area (Å²) in [6.45, 7) is 9.72.